The molecule has 0 atom stereocenters. The van der Waals surface area contributed by atoms with E-state index in [2.05, 4.69) is 61.5 Å². The van der Waals surface area contributed by atoms with Crippen LogP contribution >= 0.6 is 0 Å². The van der Waals surface area contributed by atoms with E-state index in [0.29, 0.717) is 23.3 Å². The van der Waals surface area contributed by atoms with Crippen LogP contribution in [0.2, 0.25) is 0 Å². The van der Waals surface area contributed by atoms with E-state index in [1.807, 2.05) is 12.1 Å². The molecule has 2 saturated carbocycles. The van der Waals surface area contributed by atoms with Gasteiger partial charge in [-0.2, -0.15) is 0 Å². The van der Waals surface area contributed by atoms with E-state index in [4.69, 9.17) is 0 Å². The third kappa shape index (κ3) is 4.35. The first kappa shape index (κ1) is 23.0. The van der Waals surface area contributed by atoms with Gasteiger partial charge in [0.2, 0.25) is 0 Å². The summed E-state index contributed by atoms with van der Waals surface area (Å²) in [7, 11) is 0. The topological polar surface area (TPSA) is 40.5 Å². The molecule has 0 saturated heterocycles. The van der Waals surface area contributed by atoms with Crippen LogP contribution in [0.1, 0.15) is 111 Å². The third-order valence-electron chi connectivity index (χ3n) is 8.65. The Morgan fingerprint density at radius 3 is 1.44 bits per heavy atom. The fourth-order valence-electron chi connectivity index (χ4n) is 6.48. The number of aromatic hydroxyl groups is 2. The molecule has 3 aromatic rings. The fraction of sp³-hybridized carbons (Fsp3) is 0.438. The summed E-state index contributed by atoms with van der Waals surface area (Å²) in [4.78, 5) is 0. The van der Waals surface area contributed by atoms with Gasteiger partial charge in [0.1, 0.15) is 11.5 Å². The molecule has 2 fully saturated rings. The first-order chi connectivity index (χ1) is 16.6. The minimum Gasteiger partial charge on any atom is -0.508 e. The molecule has 5 rings (SSSR count). The standard InChI is InChI=1S/C32H38O2/c1-32(25-15-9-4-10-16-25,26-17-19-30(33)28(21-26)23-11-5-2-6-12-23)27-18-20-31(34)29(22-27)24-13-7-3-8-14-24/h4,9-10,15-24,33-34H,2-3,5-8,11-14H2,1H3. The number of benzene rings is 3. The Hall–Kier alpha value is -2.74. The van der Waals surface area contributed by atoms with Crippen LogP contribution in [0.4, 0.5) is 0 Å². The average Bonchev–Trinajstić information content (AvgIpc) is 2.90. The van der Waals surface area contributed by atoms with E-state index in [-0.39, 0.29) is 5.41 Å². The lowest BCUT2D eigenvalue weighted by Gasteiger charge is -2.34. The van der Waals surface area contributed by atoms with Gasteiger partial charge in [-0.25, -0.2) is 0 Å². The average molecular weight is 455 g/mol. The van der Waals surface area contributed by atoms with Crippen LogP contribution in [0.3, 0.4) is 0 Å². The Labute approximate surface area is 204 Å². The van der Waals surface area contributed by atoms with Gasteiger partial charge >= 0.3 is 0 Å². The van der Waals surface area contributed by atoms with Crippen molar-refractivity contribution in [2.75, 3.05) is 0 Å². The minimum atomic E-state index is -0.379. The normalized spacial score (nSPS) is 18.1. The summed E-state index contributed by atoms with van der Waals surface area (Å²) in [6, 6.07) is 23.3. The highest BCUT2D eigenvalue weighted by atomic mass is 16.3. The second-order valence-electron chi connectivity index (χ2n) is 10.7. The molecule has 0 spiro atoms. The van der Waals surface area contributed by atoms with Crippen LogP contribution in [-0.2, 0) is 5.41 Å². The van der Waals surface area contributed by atoms with Crippen molar-refractivity contribution >= 4 is 0 Å². The lowest BCUT2D eigenvalue weighted by molar-refractivity contribution is 0.412. The summed E-state index contributed by atoms with van der Waals surface area (Å²) in [5.74, 6) is 1.73. The van der Waals surface area contributed by atoms with Gasteiger partial charge < -0.3 is 10.2 Å². The number of phenolic OH excluding ortho intramolecular Hbond substituents is 2. The maximum absolute atomic E-state index is 10.8. The molecule has 0 unspecified atom stereocenters. The van der Waals surface area contributed by atoms with Gasteiger partial charge in [0.15, 0.2) is 0 Å². The smallest absolute Gasteiger partial charge is 0.119 e. The van der Waals surface area contributed by atoms with E-state index in [1.165, 1.54) is 55.2 Å². The zero-order chi connectivity index (χ0) is 23.5. The molecule has 34 heavy (non-hydrogen) atoms. The largest absolute Gasteiger partial charge is 0.508 e. The third-order valence-corrected chi connectivity index (χ3v) is 8.65. The van der Waals surface area contributed by atoms with Gasteiger partial charge in [-0.05, 0) is 84.4 Å². The summed E-state index contributed by atoms with van der Waals surface area (Å²) in [5.41, 5.74) is 5.47. The quantitative estimate of drug-likeness (QED) is 0.379. The van der Waals surface area contributed by atoms with E-state index in [0.717, 1.165) is 36.8 Å². The Morgan fingerprint density at radius 1 is 0.559 bits per heavy atom. The Balaban J connectivity index is 1.64. The van der Waals surface area contributed by atoms with Crippen molar-refractivity contribution in [3.63, 3.8) is 0 Å². The molecule has 2 N–H and O–H groups in total. The highest BCUT2D eigenvalue weighted by Crippen LogP contribution is 2.46. The van der Waals surface area contributed by atoms with Crippen LogP contribution in [0.15, 0.2) is 66.7 Å². The molecule has 0 heterocycles. The van der Waals surface area contributed by atoms with Gasteiger partial charge in [0, 0.05) is 5.41 Å². The number of phenols is 2. The molecule has 0 amide bonds. The van der Waals surface area contributed by atoms with Gasteiger partial charge in [-0.15, -0.1) is 0 Å². The molecule has 2 nitrogen and oxygen atoms in total. The van der Waals surface area contributed by atoms with E-state index in [9.17, 15) is 10.2 Å². The number of hydrogen-bond donors (Lipinski definition) is 2. The predicted molar refractivity (Wildman–Crippen MR) is 140 cm³/mol. The predicted octanol–water partition coefficient (Wildman–Crippen LogP) is 8.55. The summed E-state index contributed by atoms with van der Waals surface area (Å²) in [6.07, 6.45) is 12.2. The maximum Gasteiger partial charge on any atom is 0.119 e. The number of rotatable bonds is 5. The molecular formula is C32H38O2. The van der Waals surface area contributed by atoms with Crippen molar-refractivity contribution in [3.8, 4) is 11.5 Å². The molecule has 0 bridgehead atoms. The molecular weight excluding hydrogens is 416 g/mol. The molecule has 0 aromatic heterocycles. The van der Waals surface area contributed by atoms with Gasteiger partial charge in [-0.3, -0.25) is 0 Å². The van der Waals surface area contributed by atoms with Crippen molar-refractivity contribution in [2.45, 2.75) is 88.4 Å². The fourth-order valence-corrected chi connectivity index (χ4v) is 6.48. The van der Waals surface area contributed by atoms with E-state index < -0.39 is 0 Å². The number of hydrogen-bond acceptors (Lipinski definition) is 2. The minimum absolute atomic E-state index is 0.379. The van der Waals surface area contributed by atoms with Gasteiger partial charge in [0.05, 0.1) is 0 Å². The van der Waals surface area contributed by atoms with Crippen LogP contribution in [0.5, 0.6) is 11.5 Å². The highest BCUT2D eigenvalue weighted by molar-refractivity contribution is 5.55. The summed E-state index contributed by atoms with van der Waals surface area (Å²) < 4.78 is 0. The molecule has 2 heteroatoms. The van der Waals surface area contributed by atoms with Gasteiger partial charge in [-0.1, -0.05) is 93.1 Å². The molecule has 2 aliphatic carbocycles. The van der Waals surface area contributed by atoms with Crippen LogP contribution < -0.4 is 0 Å². The molecule has 178 valence electrons. The zero-order valence-electron chi connectivity index (χ0n) is 20.5. The molecule has 0 aliphatic heterocycles. The molecule has 2 aliphatic rings. The second-order valence-corrected chi connectivity index (χ2v) is 10.7. The van der Waals surface area contributed by atoms with Crippen LogP contribution in [0.25, 0.3) is 0 Å². The lowest BCUT2D eigenvalue weighted by atomic mass is 9.69. The first-order valence-corrected chi connectivity index (χ1v) is 13.3. The van der Waals surface area contributed by atoms with Crippen LogP contribution in [0, 0.1) is 0 Å². The second kappa shape index (κ2) is 9.86. The van der Waals surface area contributed by atoms with Crippen molar-refractivity contribution in [3.05, 3.63) is 94.5 Å². The lowest BCUT2D eigenvalue weighted by Crippen LogP contribution is -2.26. The molecule has 3 aromatic carbocycles. The van der Waals surface area contributed by atoms with Crippen molar-refractivity contribution in [2.24, 2.45) is 0 Å². The van der Waals surface area contributed by atoms with Crippen LogP contribution in [-0.4, -0.2) is 10.2 Å². The SMILES string of the molecule is CC(c1ccccc1)(c1ccc(O)c(C2CCCCC2)c1)c1ccc(O)c(C2CCCCC2)c1. The maximum atomic E-state index is 10.8. The summed E-state index contributed by atoms with van der Waals surface area (Å²) in [6.45, 7) is 2.30. The summed E-state index contributed by atoms with van der Waals surface area (Å²) in [5, 5.41) is 21.6. The monoisotopic (exact) mass is 454 g/mol. The zero-order valence-corrected chi connectivity index (χ0v) is 20.5. The van der Waals surface area contributed by atoms with Crippen molar-refractivity contribution in [1.82, 2.24) is 0 Å². The summed E-state index contributed by atoms with van der Waals surface area (Å²) >= 11 is 0. The van der Waals surface area contributed by atoms with Crippen molar-refractivity contribution in [1.29, 1.82) is 0 Å². The van der Waals surface area contributed by atoms with Crippen molar-refractivity contribution < 1.29 is 10.2 Å². The molecule has 0 radical (unpaired) electrons. The Kier molecular flexibility index (Phi) is 6.68. The Morgan fingerprint density at radius 2 is 1.00 bits per heavy atom. The Bertz CT molecular complexity index is 1040. The van der Waals surface area contributed by atoms with Gasteiger partial charge in [0.25, 0.3) is 0 Å². The first-order valence-electron chi connectivity index (χ1n) is 13.3. The van der Waals surface area contributed by atoms with E-state index >= 15 is 0 Å². The highest BCUT2D eigenvalue weighted by Gasteiger charge is 2.34. The van der Waals surface area contributed by atoms with E-state index in [1.54, 1.807) is 0 Å².